The molecule has 1 aromatic rings. The van der Waals surface area contributed by atoms with Gasteiger partial charge in [-0.1, -0.05) is 6.07 Å². The van der Waals surface area contributed by atoms with Gasteiger partial charge in [0.1, 0.15) is 6.54 Å². The van der Waals surface area contributed by atoms with E-state index < -0.39 is 0 Å². The maximum Gasteiger partial charge on any atom is 0.308 e. The lowest BCUT2D eigenvalue weighted by atomic mass is 9.76. The first-order valence-corrected chi connectivity index (χ1v) is 10.2. The van der Waals surface area contributed by atoms with E-state index in [9.17, 15) is 14.4 Å². The molecule has 9 nitrogen and oxygen atoms in total. The van der Waals surface area contributed by atoms with E-state index in [0.29, 0.717) is 37.3 Å². The van der Waals surface area contributed by atoms with Gasteiger partial charge in [-0.05, 0) is 49.2 Å². The Morgan fingerprint density at radius 1 is 1.30 bits per heavy atom. The maximum absolute atomic E-state index is 12.9. The van der Waals surface area contributed by atoms with Crippen molar-refractivity contribution in [2.45, 2.75) is 31.8 Å². The molecule has 3 unspecified atom stereocenters. The summed E-state index contributed by atoms with van der Waals surface area (Å²) in [5, 5.41) is 6.15. The Morgan fingerprint density at radius 3 is 2.90 bits per heavy atom. The average molecular weight is 433 g/mol. The number of thiocarbonyl (C=S) groups is 1. The second kappa shape index (κ2) is 8.47. The first-order chi connectivity index (χ1) is 14.5. The van der Waals surface area contributed by atoms with Crippen LogP contribution >= 0.6 is 12.2 Å². The predicted octanol–water partition coefficient (Wildman–Crippen LogP) is 0.706. The van der Waals surface area contributed by atoms with Crippen LogP contribution in [0.15, 0.2) is 18.2 Å². The van der Waals surface area contributed by atoms with Gasteiger partial charge in [0.25, 0.3) is 0 Å². The topological polar surface area (TPSA) is 106 Å². The molecule has 2 fully saturated rings. The summed E-state index contributed by atoms with van der Waals surface area (Å²) in [7, 11) is 1.36. The molecule has 30 heavy (non-hydrogen) atoms. The number of fused-ring (bicyclic) bond motifs is 2. The van der Waals surface area contributed by atoms with E-state index in [2.05, 4.69) is 10.6 Å². The van der Waals surface area contributed by atoms with E-state index in [1.165, 1.54) is 12.0 Å². The number of carbonyl (C=O) groups excluding carboxylic acids is 3. The lowest BCUT2D eigenvalue weighted by molar-refractivity contribution is -0.149. The van der Waals surface area contributed by atoms with Crippen LogP contribution in [0.1, 0.15) is 24.8 Å². The van der Waals surface area contributed by atoms with Crippen molar-refractivity contribution in [1.82, 2.24) is 15.5 Å². The number of esters is 1. The fourth-order valence-corrected chi connectivity index (χ4v) is 4.45. The van der Waals surface area contributed by atoms with Crippen molar-refractivity contribution in [3.8, 4) is 11.5 Å². The molecule has 2 N–H and O–H groups in total. The molecule has 2 aliphatic heterocycles. The average Bonchev–Trinajstić information content (AvgIpc) is 3.22. The maximum atomic E-state index is 12.9. The first-order valence-electron chi connectivity index (χ1n) is 9.81. The van der Waals surface area contributed by atoms with Crippen molar-refractivity contribution in [2.75, 3.05) is 20.4 Å². The number of benzene rings is 1. The van der Waals surface area contributed by atoms with Gasteiger partial charge in [-0.2, -0.15) is 0 Å². The summed E-state index contributed by atoms with van der Waals surface area (Å²) in [6, 6.07) is 5.24. The van der Waals surface area contributed by atoms with Crippen molar-refractivity contribution in [1.29, 1.82) is 0 Å². The van der Waals surface area contributed by atoms with Crippen LogP contribution in [0, 0.1) is 11.8 Å². The third kappa shape index (κ3) is 4.04. The van der Waals surface area contributed by atoms with Crippen LogP contribution in [-0.2, 0) is 25.7 Å². The van der Waals surface area contributed by atoms with Crippen LogP contribution in [0.4, 0.5) is 0 Å². The van der Waals surface area contributed by atoms with Crippen LogP contribution < -0.4 is 20.1 Å². The van der Waals surface area contributed by atoms with Gasteiger partial charge in [0.05, 0.1) is 18.9 Å². The number of amides is 2. The monoisotopic (exact) mass is 433 g/mol. The summed E-state index contributed by atoms with van der Waals surface area (Å²) < 4.78 is 15.4. The van der Waals surface area contributed by atoms with Crippen molar-refractivity contribution in [3.63, 3.8) is 0 Å². The number of carbonyl (C=O) groups is 3. The predicted molar refractivity (Wildman–Crippen MR) is 108 cm³/mol. The van der Waals surface area contributed by atoms with Gasteiger partial charge in [0, 0.05) is 12.6 Å². The molecule has 0 radical (unpaired) electrons. The summed E-state index contributed by atoms with van der Waals surface area (Å²) in [4.78, 5) is 38.5. The summed E-state index contributed by atoms with van der Waals surface area (Å²) in [6.45, 7) is 0.332. The Hall–Kier alpha value is -2.88. The lowest BCUT2D eigenvalue weighted by Crippen LogP contribution is -2.63. The summed E-state index contributed by atoms with van der Waals surface area (Å²) in [5.41, 5.74) is 0.861. The zero-order chi connectivity index (χ0) is 21.3. The summed E-state index contributed by atoms with van der Waals surface area (Å²) in [5.74, 6) is 0.0232. The van der Waals surface area contributed by atoms with Gasteiger partial charge in [0.15, 0.2) is 16.6 Å². The molecule has 3 aliphatic rings. The fourth-order valence-electron chi connectivity index (χ4n) is 4.14. The van der Waals surface area contributed by atoms with Gasteiger partial charge in [-0.15, -0.1) is 0 Å². The molecule has 1 saturated carbocycles. The van der Waals surface area contributed by atoms with Gasteiger partial charge in [-0.25, -0.2) is 0 Å². The van der Waals surface area contributed by atoms with Crippen molar-refractivity contribution in [3.05, 3.63) is 23.8 Å². The molecule has 3 atom stereocenters. The molecule has 4 rings (SSSR count). The minimum absolute atomic E-state index is 0.154. The number of ether oxygens (including phenoxy) is 3. The molecule has 160 valence electrons. The van der Waals surface area contributed by atoms with E-state index in [0.717, 1.165) is 5.56 Å². The molecule has 2 amide bonds. The molecule has 0 spiro atoms. The van der Waals surface area contributed by atoms with Crippen LogP contribution in [0.25, 0.3) is 0 Å². The minimum atomic E-state index is -0.313. The number of nitrogens with zero attached hydrogens (tertiary/aromatic N) is 1. The van der Waals surface area contributed by atoms with Gasteiger partial charge < -0.3 is 24.8 Å². The number of methoxy groups -OCH3 is 1. The van der Waals surface area contributed by atoms with E-state index in [-0.39, 0.29) is 54.1 Å². The van der Waals surface area contributed by atoms with E-state index in [1.54, 1.807) is 6.07 Å². The van der Waals surface area contributed by atoms with Gasteiger partial charge >= 0.3 is 5.97 Å². The molecule has 2 heterocycles. The first kappa shape index (κ1) is 20.4. The Kier molecular flexibility index (Phi) is 5.76. The van der Waals surface area contributed by atoms with Crippen LogP contribution in [0.5, 0.6) is 11.5 Å². The highest BCUT2D eigenvalue weighted by molar-refractivity contribution is 7.80. The minimum Gasteiger partial charge on any atom is -0.469 e. The van der Waals surface area contributed by atoms with Crippen molar-refractivity contribution >= 4 is 35.1 Å². The van der Waals surface area contributed by atoms with Gasteiger partial charge in [-0.3, -0.25) is 19.3 Å². The SMILES string of the molecule is COC(=O)C1CCC2C(=O)N(CC(=O)NCc3ccc4c(c3)OCO4)C(=S)NC2C1. The zero-order valence-electron chi connectivity index (χ0n) is 16.5. The quantitative estimate of drug-likeness (QED) is 0.517. The molecular weight excluding hydrogens is 410 g/mol. The Morgan fingerprint density at radius 2 is 2.10 bits per heavy atom. The highest BCUT2D eigenvalue weighted by Gasteiger charge is 2.44. The lowest BCUT2D eigenvalue weighted by Gasteiger charge is -2.43. The normalized spacial score (nSPS) is 24.7. The molecule has 0 aromatic heterocycles. The summed E-state index contributed by atoms with van der Waals surface area (Å²) >= 11 is 5.32. The van der Waals surface area contributed by atoms with E-state index >= 15 is 0 Å². The number of hydrogen-bond donors (Lipinski definition) is 2. The molecule has 1 aromatic carbocycles. The Balaban J connectivity index is 1.32. The number of hydrogen-bond acceptors (Lipinski definition) is 7. The van der Waals surface area contributed by atoms with E-state index in [1.807, 2.05) is 12.1 Å². The second-order valence-corrected chi connectivity index (χ2v) is 7.97. The summed E-state index contributed by atoms with van der Waals surface area (Å²) in [6.07, 6.45) is 1.62. The Bertz CT molecular complexity index is 891. The van der Waals surface area contributed by atoms with Crippen LogP contribution in [0.2, 0.25) is 0 Å². The third-order valence-electron chi connectivity index (χ3n) is 5.75. The fraction of sp³-hybridized carbons (Fsp3) is 0.500. The zero-order valence-corrected chi connectivity index (χ0v) is 17.3. The molecule has 1 aliphatic carbocycles. The largest absolute Gasteiger partial charge is 0.469 e. The number of rotatable bonds is 5. The molecule has 1 saturated heterocycles. The van der Waals surface area contributed by atoms with Crippen LogP contribution in [0.3, 0.4) is 0 Å². The smallest absolute Gasteiger partial charge is 0.308 e. The molecule has 0 bridgehead atoms. The van der Waals surface area contributed by atoms with Crippen LogP contribution in [-0.4, -0.2) is 54.3 Å². The van der Waals surface area contributed by atoms with Crippen molar-refractivity contribution in [2.24, 2.45) is 11.8 Å². The second-order valence-electron chi connectivity index (χ2n) is 7.58. The number of nitrogens with one attached hydrogen (secondary N) is 2. The van der Waals surface area contributed by atoms with E-state index in [4.69, 9.17) is 26.4 Å². The highest BCUT2D eigenvalue weighted by atomic mass is 32.1. The third-order valence-corrected chi connectivity index (χ3v) is 6.09. The standard InChI is InChI=1S/C20H23N3O6S/c1-27-19(26)12-3-4-13-14(7-12)22-20(30)23(18(13)25)9-17(24)21-8-11-2-5-15-16(6-11)29-10-28-15/h2,5-6,12-14H,3-4,7-10H2,1H3,(H,21,24)(H,22,30). The van der Waals surface area contributed by atoms with Crippen molar-refractivity contribution < 1.29 is 28.6 Å². The molecular formula is C20H23N3O6S. The van der Waals surface area contributed by atoms with Gasteiger partial charge in [0.2, 0.25) is 18.6 Å². The Labute approximate surface area is 179 Å². The molecule has 10 heteroatoms. The highest BCUT2D eigenvalue weighted by Crippen LogP contribution is 2.34.